The molecular formula is C26H26N2O. The molecule has 4 rings (SSSR count). The van der Waals surface area contributed by atoms with E-state index in [0.29, 0.717) is 0 Å². The van der Waals surface area contributed by atoms with E-state index in [0.717, 1.165) is 24.2 Å². The Morgan fingerprint density at radius 1 is 0.897 bits per heavy atom. The van der Waals surface area contributed by atoms with Crippen LogP contribution >= 0.6 is 0 Å². The van der Waals surface area contributed by atoms with Crippen molar-refractivity contribution in [3.8, 4) is 6.07 Å². The minimum absolute atomic E-state index is 0.0624. The molecule has 0 radical (unpaired) electrons. The molecule has 1 saturated heterocycles. The SMILES string of the molecule is CN(Cc1ccccc1)C[C@@H](c1ccccc1)[C@]1(C#N)O[C@]1(C)c1ccccc1. The maximum absolute atomic E-state index is 10.3. The molecule has 146 valence electrons. The molecule has 3 heteroatoms. The summed E-state index contributed by atoms with van der Waals surface area (Å²) in [5.41, 5.74) is 1.94. The molecule has 0 spiro atoms. The zero-order valence-corrected chi connectivity index (χ0v) is 17.0. The number of nitrogens with zero attached hydrogens (tertiary/aromatic N) is 2. The summed E-state index contributed by atoms with van der Waals surface area (Å²) in [6.07, 6.45) is 0. The van der Waals surface area contributed by atoms with E-state index in [4.69, 9.17) is 4.74 Å². The molecule has 3 aromatic rings. The number of hydrogen-bond acceptors (Lipinski definition) is 3. The minimum atomic E-state index is -0.888. The zero-order valence-electron chi connectivity index (χ0n) is 17.0. The standard InChI is InChI=1S/C26H26N2O/c1-25(23-16-10-5-11-17-23)26(20-27,29-25)24(22-14-8-4-9-15-22)19-28(2)18-21-12-6-3-7-13-21/h3-17,24H,18-19H2,1-2H3/t24-,25+,26-/m0/s1. The molecule has 0 unspecified atom stereocenters. The lowest BCUT2D eigenvalue weighted by atomic mass is 9.76. The van der Waals surface area contributed by atoms with Crippen LogP contribution in [0, 0.1) is 11.3 Å². The highest BCUT2D eigenvalue weighted by atomic mass is 16.6. The molecule has 29 heavy (non-hydrogen) atoms. The third kappa shape index (κ3) is 3.58. The van der Waals surface area contributed by atoms with Gasteiger partial charge in [-0.25, -0.2) is 0 Å². The van der Waals surface area contributed by atoms with Crippen LogP contribution in [-0.4, -0.2) is 24.1 Å². The number of hydrogen-bond donors (Lipinski definition) is 0. The zero-order chi connectivity index (χ0) is 20.3. The van der Waals surface area contributed by atoms with E-state index in [9.17, 15) is 5.26 Å². The Morgan fingerprint density at radius 2 is 1.45 bits per heavy atom. The second kappa shape index (κ2) is 7.83. The van der Waals surface area contributed by atoms with Crippen LogP contribution in [0.2, 0.25) is 0 Å². The van der Waals surface area contributed by atoms with E-state index in [1.54, 1.807) is 0 Å². The van der Waals surface area contributed by atoms with E-state index in [1.165, 1.54) is 5.56 Å². The molecule has 0 aromatic heterocycles. The Labute approximate surface area is 173 Å². The van der Waals surface area contributed by atoms with E-state index >= 15 is 0 Å². The van der Waals surface area contributed by atoms with Crippen LogP contribution in [0.25, 0.3) is 0 Å². The lowest BCUT2D eigenvalue weighted by Gasteiger charge is -2.28. The number of likely N-dealkylation sites (N-methyl/N-ethyl adjacent to an activating group) is 1. The summed E-state index contributed by atoms with van der Waals surface area (Å²) < 4.78 is 6.31. The fraction of sp³-hybridized carbons (Fsp3) is 0.269. The molecule has 0 saturated carbocycles. The third-order valence-corrected chi connectivity index (χ3v) is 6.01. The van der Waals surface area contributed by atoms with Crippen LogP contribution in [0.1, 0.15) is 29.5 Å². The number of epoxide rings is 1. The normalized spacial score (nSPS) is 24.1. The van der Waals surface area contributed by atoms with Gasteiger partial charge in [0.05, 0.1) is 0 Å². The van der Waals surface area contributed by atoms with Crippen LogP contribution < -0.4 is 0 Å². The number of nitriles is 1. The largest absolute Gasteiger partial charge is 0.341 e. The van der Waals surface area contributed by atoms with E-state index in [1.807, 2.05) is 49.4 Å². The first-order valence-corrected chi connectivity index (χ1v) is 10.0. The smallest absolute Gasteiger partial charge is 0.196 e. The van der Waals surface area contributed by atoms with Crippen LogP contribution in [0.3, 0.4) is 0 Å². The van der Waals surface area contributed by atoms with Crippen molar-refractivity contribution in [2.24, 2.45) is 0 Å². The first-order valence-electron chi connectivity index (χ1n) is 10.0. The van der Waals surface area contributed by atoms with Crippen molar-refractivity contribution in [2.45, 2.75) is 30.6 Å². The third-order valence-electron chi connectivity index (χ3n) is 6.01. The second-order valence-electron chi connectivity index (χ2n) is 7.99. The Hall–Kier alpha value is -2.93. The van der Waals surface area contributed by atoms with Gasteiger partial charge in [0.2, 0.25) is 0 Å². The van der Waals surface area contributed by atoms with Gasteiger partial charge < -0.3 is 9.64 Å². The molecule has 3 nitrogen and oxygen atoms in total. The Kier molecular flexibility index (Phi) is 5.24. The second-order valence-corrected chi connectivity index (χ2v) is 7.99. The highest BCUT2D eigenvalue weighted by Gasteiger charge is 2.72. The van der Waals surface area contributed by atoms with E-state index in [2.05, 4.69) is 66.5 Å². The van der Waals surface area contributed by atoms with Gasteiger partial charge in [-0.15, -0.1) is 0 Å². The predicted octanol–water partition coefficient (Wildman–Crippen LogP) is 5.11. The van der Waals surface area contributed by atoms with Gasteiger partial charge in [0.1, 0.15) is 11.7 Å². The molecule has 0 bridgehead atoms. The van der Waals surface area contributed by atoms with Crippen molar-refractivity contribution < 1.29 is 4.74 Å². The Bertz CT molecular complexity index is 983. The van der Waals surface area contributed by atoms with Gasteiger partial charge >= 0.3 is 0 Å². The number of ether oxygens (including phenoxy) is 1. The predicted molar refractivity (Wildman–Crippen MR) is 115 cm³/mol. The average Bonchev–Trinajstić information content (AvgIpc) is 3.41. The molecule has 1 aliphatic rings. The summed E-state index contributed by atoms with van der Waals surface area (Å²) in [5.74, 6) is -0.0624. The molecule has 1 fully saturated rings. The van der Waals surface area contributed by atoms with E-state index < -0.39 is 11.2 Å². The van der Waals surface area contributed by atoms with E-state index in [-0.39, 0.29) is 5.92 Å². The van der Waals surface area contributed by atoms with Gasteiger partial charge in [-0.1, -0.05) is 91.0 Å². The summed E-state index contributed by atoms with van der Waals surface area (Å²) >= 11 is 0. The molecule has 3 atom stereocenters. The van der Waals surface area contributed by atoms with Crippen LogP contribution in [0.15, 0.2) is 91.0 Å². The van der Waals surface area contributed by atoms with Crippen molar-refractivity contribution in [2.75, 3.05) is 13.6 Å². The van der Waals surface area contributed by atoms with Gasteiger partial charge in [0.15, 0.2) is 5.60 Å². The summed E-state index contributed by atoms with van der Waals surface area (Å²) in [7, 11) is 2.11. The monoisotopic (exact) mass is 382 g/mol. The first kappa shape index (κ1) is 19.4. The molecule has 0 aliphatic carbocycles. The molecule has 0 amide bonds. The van der Waals surface area contributed by atoms with Crippen molar-refractivity contribution in [3.63, 3.8) is 0 Å². The average molecular weight is 383 g/mol. The van der Waals surface area contributed by atoms with Crippen LogP contribution in [0.4, 0.5) is 0 Å². The van der Waals surface area contributed by atoms with Gasteiger partial charge in [0, 0.05) is 19.0 Å². The lowest BCUT2D eigenvalue weighted by Crippen LogP contribution is -2.36. The molecule has 3 aromatic carbocycles. The fourth-order valence-electron chi connectivity index (χ4n) is 4.36. The van der Waals surface area contributed by atoms with Gasteiger partial charge in [-0.2, -0.15) is 5.26 Å². The summed E-state index contributed by atoms with van der Waals surface area (Å²) in [4.78, 5) is 2.28. The highest BCUT2D eigenvalue weighted by molar-refractivity contribution is 5.44. The topological polar surface area (TPSA) is 39.6 Å². The van der Waals surface area contributed by atoms with Crippen molar-refractivity contribution >= 4 is 0 Å². The first-order chi connectivity index (χ1) is 14.1. The Balaban J connectivity index is 1.65. The fourth-order valence-corrected chi connectivity index (χ4v) is 4.36. The number of rotatable bonds is 7. The molecular weight excluding hydrogens is 356 g/mol. The summed E-state index contributed by atoms with van der Waals surface area (Å²) in [6.45, 7) is 3.60. The Morgan fingerprint density at radius 3 is 2.03 bits per heavy atom. The van der Waals surface area contributed by atoms with Crippen molar-refractivity contribution in [3.05, 3.63) is 108 Å². The van der Waals surface area contributed by atoms with Crippen molar-refractivity contribution in [1.29, 1.82) is 5.26 Å². The van der Waals surface area contributed by atoms with Gasteiger partial charge in [-0.3, -0.25) is 0 Å². The van der Waals surface area contributed by atoms with Crippen LogP contribution in [-0.2, 0) is 16.9 Å². The summed E-state index contributed by atoms with van der Waals surface area (Å²) in [5, 5.41) is 10.3. The molecule has 1 heterocycles. The number of benzene rings is 3. The van der Waals surface area contributed by atoms with Gasteiger partial charge in [0.25, 0.3) is 0 Å². The molecule has 1 aliphatic heterocycles. The van der Waals surface area contributed by atoms with Gasteiger partial charge in [-0.05, 0) is 30.7 Å². The lowest BCUT2D eigenvalue weighted by molar-refractivity contribution is 0.233. The maximum atomic E-state index is 10.3. The maximum Gasteiger partial charge on any atom is 0.196 e. The molecule has 0 N–H and O–H groups in total. The minimum Gasteiger partial charge on any atom is -0.341 e. The highest BCUT2D eigenvalue weighted by Crippen LogP contribution is 2.61. The summed E-state index contributed by atoms with van der Waals surface area (Å²) in [6, 6.07) is 33.4. The van der Waals surface area contributed by atoms with Crippen molar-refractivity contribution in [1.82, 2.24) is 4.90 Å². The quantitative estimate of drug-likeness (QED) is 0.533. The van der Waals surface area contributed by atoms with Crippen LogP contribution in [0.5, 0.6) is 0 Å².